The number of rotatable bonds is 6. The predicted octanol–water partition coefficient (Wildman–Crippen LogP) is 1.79. The summed E-state index contributed by atoms with van der Waals surface area (Å²) in [6, 6.07) is 6.08. The lowest BCUT2D eigenvalue weighted by atomic mass is 9.95. The van der Waals surface area contributed by atoms with Crippen LogP contribution in [0.5, 0.6) is 0 Å². The molecule has 0 aromatic heterocycles. The van der Waals surface area contributed by atoms with Crippen molar-refractivity contribution in [1.82, 2.24) is 5.32 Å². The second kappa shape index (κ2) is 5.89. The third-order valence-corrected chi connectivity index (χ3v) is 3.93. The van der Waals surface area contributed by atoms with Crippen LogP contribution in [0.25, 0.3) is 0 Å². The summed E-state index contributed by atoms with van der Waals surface area (Å²) in [6.45, 7) is 1.87. The van der Waals surface area contributed by atoms with Gasteiger partial charge in [-0.3, -0.25) is 10.1 Å². The van der Waals surface area contributed by atoms with Gasteiger partial charge in [0.25, 0.3) is 0 Å². The molecule has 0 spiro atoms. The Hall–Kier alpha value is -1.46. The number of carbonyl (C=O) groups excluding carboxylic acids is 1. The molecule has 0 saturated heterocycles. The molecule has 5 heteroatoms. The fraction of sp³-hybridized carbons (Fsp3) is 0.533. The second-order valence-electron chi connectivity index (χ2n) is 5.39. The van der Waals surface area contributed by atoms with E-state index in [1.165, 1.54) is 19.2 Å². The molecular formula is C15H20FNO3. The van der Waals surface area contributed by atoms with Crippen molar-refractivity contribution in [3.63, 3.8) is 0 Å². The first-order valence-corrected chi connectivity index (χ1v) is 6.75. The minimum atomic E-state index is -1.00. The highest BCUT2D eigenvalue weighted by Gasteiger charge is 2.48. The lowest BCUT2D eigenvalue weighted by Crippen LogP contribution is -2.53. The van der Waals surface area contributed by atoms with E-state index >= 15 is 0 Å². The van der Waals surface area contributed by atoms with Crippen molar-refractivity contribution in [2.45, 2.75) is 31.4 Å². The van der Waals surface area contributed by atoms with E-state index in [4.69, 9.17) is 4.74 Å². The molecule has 0 bridgehead atoms. The zero-order chi connectivity index (χ0) is 14.8. The van der Waals surface area contributed by atoms with Gasteiger partial charge in [0.2, 0.25) is 0 Å². The molecular weight excluding hydrogens is 261 g/mol. The van der Waals surface area contributed by atoms with Gasteiger partial charge in [-0.2, -0.15) is 0 Å². The van der Waals surface area contributed by atoms with Crippen molar-refractivity contribution in [3.8, 4) is 0 Å². The van der Waals surface area contributed by atoms with Crippen LogP contribution in [0.4, 0.5) is 4.39 Å². The van der Waals surface area contributed by atoms with Crippen LogP contribution >= 0.6 is 0 Å². The van der Waals surface area contributed by atoms with Crippen molar-refractivity contribution in [1.29, 1.82) is 0 Å². The Balaban J connectivity index is 2.03. The van der Waals surface area contributed by atoms with E-state index in [9.17, 15) is 14.3 Å². The molecule has 0 amide bonds. The number of esters is 1. The maximum atomic E-state index is 13.6. The topological polar surface area (TPSA) is 58.6 Å². The van der Waals surface area contributed by atoms with Crippen LogP contribution in [-0.2, 0) is 9.53 Å². The monoisotopic (exact) mass is 281 g/mol. The zero-order valence-corrected chi connectivity index (χ0v) is 11.7. The van der Waals surface area contributed by atoms with Gasteiger partial charge in [-0.1, -0.05) is 18.2 Å². The molecule has 20 heavy (non-hydrogen) atoms. The summed E-state index contributed by atoms with van der Waals surface area (Å²) >= 11 is 0. The predicted molar refractivity (Wildman–Crippen MR) is 72.5 cm³/mol. The SMILES string of the molecule is COC(=O)C(C)(NCC(O)c1ccccc1F)C1CC1. The van der Waals surface area contributed by atoms with E-state index in [2.05, 4.69) is 5.32 Å². The van der Waals surface area contributed by atoms with E-state index in [1.54, 1.807) is 19.1 Å². The van der Waals surface area contributed by atoms with Gasteiger partial charge in [0.05, 0.1) is 13.2 Å². The van der Waals surface area contributed by atoms with Gasteiger partial charge < -0.3 is 9.84 Å². The summed E-state index contributed by atoms with van der Waals surface area (Å²) < 4.78 is 18.4. The molecule has 0 radical (unpaired) electrons. The number of benzene rings is 1. The Morgan fingerprint density at radius 2 is 2.20 bits per heavy atom. The van der Waals surface area contributed by atoms with Crippen LogP contribution in [0.1, 0.15) is 31.4 Å². The minimum Gasteiger partial charge on any atom is -0.468 e. The molecule has 1 aliphatic carbocycles. The number of halogens is 1. The average molecular weight is 281 g/mol. The molecule has 110 valence electrons. The maximum Gasteiger partial charge on any atom is 0.326 e. The van der Waals surface area contributed by atoms with Crippen LogP contribution in [0.15, 0.2) is 24.3 Å². The molecule has 1 saturated carbocycles. The third kappa shape index (κ3) is 2.99. The highest BCUT2D eigenvalue weighted by atomic mass is 19.1. The van der Waals surface area contributed by atoms with Gasteiger partial charge in [-0.25, -0.2) is 4.39 Å². The van der Waals surface area contributed by atoms with Gasteiger partial charge in [-0.15, -0.1) is 0 Å². The van der Waals surface area contributed by atoms with Gasteiger partial charge >= 0.3 is 5.97 Å². The van der Waals surface area contributed by atoms with Gasteiger partial charge in [-0.05, 0) is 31.7 Å². The number of methoxy groups -OCH3 is 1. The van der Waals surface area contributed by atoms with Crippen LogP contribution in [0, 0.1) is 11.7 Å². The Morgan fingerprint density at radius 1 is 1.55 bits per heavy atom. The summed E-state index contributed by atoms with van der Waals surface area (Å²) in [6.07, 6.45) is 0.905. The number of β-amino-alcohol motifs (C(OH)–C–C–N with tert-alkyl or cyclic N) is 1. The molecule has 1 aromatic rings. The molecule has 2 rings (SSSR count). The summed E-state index contributed by atoms with van der Waals surface area (Å²) in [5.41, 5.74) is -0.593. The lowest BCUT2D eigenvalue weighted by molar-refractivity contribution is -0.149. The van der Waals surface area contributed by atoms with Crippen LogP contribution < -0.4 is 5.32 Å². The Kier molecular flexibility index (Phi) is 4.40. The van der Waals surface area contributed by atoms with Gasteiger partial charge in [0.1, 0.15) is 11.4 Å². The molecule has 2 atom stereocenters. The van der Waals surface area contributed by atoms with E-state index in [-0.39, 0.29) is 24.0 Å². The van der Waals surface area contributed by atoms with Crippen molar-refractivity contribution in [3.05, 3.63) is 35.6 Å². The molecule has 0 aliphatic heterocycles. The average Bonchev–Trinajstić information content (AvgIpc) is 3.29. The summed E-state index contributed by atoms with van der Waals surface area (Å²) in [4.78, 5) is 11.9. The maximum absolute atomic E-state index is 13.6. The number of aliphatic hydroxyl groups excluding tert-OH is 1. The van der Waals surface area contributed by atoms with Crippen molar-refractivity contribution in [2.24, 2.45) is 5.92 Å². The fourth-order valence-corrected chi connectivity index (χ4v) is 2.42. The largest absolute Gasteiger partial charge is 0.468 e. The molecule has 1 fully saturated rings. The van der Waals surface area contributed by atoms with Crippen LogP contribution in [-0.4, -0.2) is 30.3 Å². The van der Waals surface area contributed by atoms with E-state index in [0.717, 1.165) is 12.8 Å². The normalized spacial score (nSPS) is 19.2. The van der Waals surface area contributed by atoms with Crippen molar-refractivity contribution < 1.29 is 19.0 Å². The summed E-state index contributed by atoms with van der Waals surface area (Å²) in [7, 11) is 1.35. The van der Waals surface area contributed by atoms with Crippen molar-refractivity contribution in [2.75, 3.05) is 13.7 Å². The van der Waals surface area contributed by atoms with Gasteiger partial charge in [0.15, 0.2) is 0 Å². The fourth-order valence-electron chi connectivity index (χ4n) is 2.42. The molecule has 1 aliphatic rings. The number of hydrogen-bond donors (Lipinski definition) is 2. The smallest absolute Gasteiger partial charge is 0.326 e. The van der Waals surface area contributed by atoms with E-state index in [1.807, 2.05) is 0 Å². The Bertz CT molecular complexity index is 490. The third-order valence-electron chi connectivity index (χ3n) is 3.93. The molecule has 2 N–H and O–H groups in total. The second-order valence-corrected chi connectivity index (χ2v) is 5.39. The first kappa shape index (κ1) is 14.9. The molecule has 4 nitrogen and oxygen atoms in total. The number of hydrogen-bond acceptors (Lipinski definition) is 4. The summed E-state index contributed by atoms with van der Waals surface area (Å²) in [5, 5.41) is 13.1. The Morgan fingerprint density at radius 3 is 2.75 bits per heavy atom. The van der Waals surface area contributed by atoms with Crippen LogP contribution in [0.3, 0.4) is 0 Å². The van der Waals surface area contributed by atoms with Crippen LogP contribution in [0.2, 0.25) is 0 Å². The van der Waals surface area contributed by atoms with E-state index < -0.39 is 17.5 Å². The summed E-state index contributed by atoms with van der Waals surface area (Å²) in [5.74, 6) is -0.587. The standard InChI is InChI=1S/C15H20FNO3/c1-15(10-7-8-10,14(19)20-2)17-9-13(18)11-5-3-4-6-12(11)16/h3-6,10,13,17-18H,7-9H2,1-2H3. The quantitative estimate of drug-likeness (QED) is 0.781. The van der Waals surface area contributed by atoms with Gasteiger partial charge in [0, 0.05) is 12.1 Å². The highest BCUT2D eigenvalue weighted by Crippen LogP contribution is 2.40. The first-order valence-electron chi connectivity index (χ1n) is 6.75. The number of ether oxygens (including phenoxy) is 1. The molecule has 2 unspecified atom stereocenters. The number of nitrogens with one attached hydrogen (secondary N) is 1. The molecule has 0 heterocycles. The molecule has 1 aromatic carbocycles. The van der Waals surface area contributed by atoms with E-state index in [0.29, 0.717) is 0 Å². The Labute approximate surface area is 117 Å². The van der Waals surface area contributed by atoms with Crippen molar-refractivity contribution >= 4 is 5.97 Å². The lowest BCUT2D eigenvalue weighted by Gasteiger charge is -2.29. The minimum absolute atomic E-state index is 0.100. The highest BCUT2D eigenvalue weighted by molar-refractivity contribution is 5.81. The number of carbonyl (C=O) groups is 1. The zero-order valence-electron chi connectivity index (χ0n) is 11.7. The first-order chi connectivity index (χ1) is 9.49. The number of aliphatic hydroxyl groups is 1.